The van der Waals surface area contributed by atoms with Crippen LogP contribution in [0, 0.1) is 0 Å². The lowest BCUT2D eigenvalue weighted by Crippen LogP contribution is -2.24. The number of rotatable bonds is 10. The minimum Gasteiger partial charge on any atom is -0.507 e. The molecule has 0 fully saturated rings. The van der Waals surface area contributed by atoms with Crippen molar-refractivity contribution in [2.75, 3.05) is 18.1 Å². The number of hydrogen-bond donors (Lipinski definition) is 4. The zero-order valence-corrected chi connectivity index (χ0v) is 20.5. The van der Waals surface area contributed by atoms with Crippen molar-refractivity contribution in [3.8, 4) is 28.4 Å². The van der Waals surface area contributed by atoms with Gasteiger partial charge in [-0.2, -0.15) is 0 Å². The molecule has 7 heteroatoms. The molecule has 3 aromatic rings. The van der Waals surface area contributed by atoms with Crippen LogP contribution in [-0.4, -0.2) is 28.4 Å². The van der Waals surface area contributed by atoms with E-state index >= 15 is 0 Å². The fourth-order valence-corrected chi connectivity index (χ4v) is 4.69. The van der Waals surface area contributed by atoms with Gasteiger partial charge in [0.15, 0.2) is 0 Å². The highest BCUT2D eigenvalue weighted by Crippen LogP contribution is 2.45. The van der Waals surface area contributed by atoms with E-state index < -0.39 is 11.6 Å². The highest BCUT2D eigenvalue weighted by Gasteiger charge is 2.38. The Morgan fingerprint density at radius 3 is 2.03 bits per heavy atom. The zero-order chi connectivity index (χ0) is 25.8. The summed E-state index contributed by atoms with van der Waals surface area (Å²) in [6.45, 7) is 2.84. The lowest BCUT2D eigenvalue weighted by molar-refractivity contribution is 0.0975. The zero-order valence-electron chi connectivity index (χ0n) is 20.5. The number of nitrogen functional groups attached to an aromatic ring is 2. The van der Waals surface area contributed by atoms with Crippen molar-refractivity contribution in [2.45, 2.75) is 51.9 Å². The number of anilines is 2. The molecular weight excluding hydrogens is 456 g/mol. The van der Waals surface area contributed by atoms with Crippen LogP contribution >= 0.6 is 0 Å². The quantitative estimate of drug-likeness (QED) is 0.125. The second-order valence-corrected chi connectivity index (χ2v) is 9.19. The summed E-state index contributed by atoms with van der Waals surface area (Å²) < 4.78 is 5.84. The summed E-state index contributed by atoms with van der Waals surface area (Å²) in [7, 11) is 0. The summed E-state index contributed by atoms with van der Waals surface area (Å²) in [6.07, 6.45) is 8.46. The molecule has 3 aromatic carbocycles. The van der Waals surface area contributed by atoms with Crippen molar-refractivity contribution in [3.63, 3.8) is 0 Å². The minimum absolute atomic E-state index is 0.0305. The van der Waals surface area contributed by atoms with Crippen LogP contribution in [0.5, 0.6) is 17.2 Å². The lowest BCUT2D eigenvalue weighted by Gasteiger charge is -2.23. The number of phenols is 2. The number of carbonyl (C=O) groups excluding carboxylic acids is 2. The molecule has 0 radical (unpaired) electrons. The molecule has 4 rings (SSSR count). The van der Waals surface area contributed by atoms with Crippen molar-refractivity contribution in [1.29, 1.82) is 0 Å². The van der Waals surface area contributed by atoms with Gasteiger partial charge in [-0.3, -0.25) is 9.59 Å². The molecule has 0 amide bonds. The van der Waals surface area contributed by atoms with Gasteiger partial charge in [0.2, 0.25) is 11.6 Å². The van der Waals surface area contributed by atoms with Gasteiger partial charge in [-0.1, -0.05) is 57.6 Å². The molecule has 7 nitrogen and oxygen atoms in total. The van der Waals surface area contributed by atoms with E-state index in [1.807, 2.05) is 0 Å². The van der Waals surface area contributed by atoms with Gasteiger partial charge in [0.05, 0.1) is 28.9 Å². The van der Waals surface area contributed by atoms with Crippen LogP contribution in [0.3, 0.4) is 0 Å². The first kappa shape index (κ1) is 25.1. The monoisotopic (exact) mass is 488 g/mol. The Hall–Kier alpha value is -4.00. The molecule has 0 aliphatic heterocycles. The fourth-order valence-electron chi connectivity index (χ4n) is 4.69. The van der Waals surface area contributed by atoms with Crippen molar-refractivity contribution in [1.82, 2.24) is 0 Å². The molecular formula is C29H32N2O5. The van der Waals surface area contributed by atoms with Gasteiger partial charge in [-0.15, -0.1) is 0 Å². The third-order valence-electron chi connectivity index (χ3n) is 6.64. The van der Waals surface area contributed by atoms with E-state index in [0.29, 0.717) is 23.5 Å². The number of carbonyl (C=O) groups is 2. The number of benzene rings is 3. The van der Waals surface area contributed by atoms with E-state index in [1.54, 1.807) is 24.3 Å². The van der Waals surface area contributed by atoms with Gasteiger partial charge in [0, 0.05) is 16.9 Å². The Balaban J connectivity index is 1.53. The standard InChI is InChI=1S/C29H32N2O5/c1-2-3-4-5-6-7-8-15-36-18-11-9-17(10-12-18)19-16-21(31)24-26(27(19)33)29(35)23-20(30)13-14-22(32)25(23)28(24)34/h9-14,16,32-33H,2-8,15,30-31H2,1H3. The predicted molar refractivity (Wildman–Crippen MR) is 141 cm³/mol. The molecule has 0 aromatic heterocycles. The number of fused-ring (bicyclic) bond motifs is 2. The summed E-state index contributed by atoms with van der Waals surface area (Å²) in [4.78, 5) is 26.4. The number of nitrogens with two attached hydrogens (primary N) is 2. The predicted octanol–water partition coefficient (Wildman–Crippen LogP) is 5.83. The van der Waals surface area contributed by atoms with Gasteiger partial charge in [-0.25, -0.2) is 0 Å². The average molecular weight is 489 g/mol. The van der Waals surface area contributed by atoms with Gasteiger partial charge in [0.25, 0.3) is 0 Å². The first-order chi connectivity index (χ1) is 17.3. The minimum atomic E-state index is -0.659. The fraction of sp³-hybridized carbons (Fsp3) is 0.310. The molecule has 36 heavy (non-hydrogen) atoms. The third-order valence-corrected chi connectivity index (χ3v) is 6.64. The third kappa shape index (κ3) is 4.73. The summed E-state index contributed by atoms with van der Waals surface area (Å²) >= 11 is 0. The second-order valence-electron chi connectivity index (χ2n) is 9.19. The van der Waals surface area contributed by atoms with E-state index in [0.717, 1.165) is 12.8 Å². The number of ether oxygens (including phenoxy) is 1. The van der Waals surface area contributed by atoms with Crippen LogP contribution in [0.4, 0.5) is 11.4 Å². The lowest BCUT2D eigenvalue weighted by atomic mass is 9.80. The summed E-state index contributed by atoms with van der Waals surface area (Å²) in [6, 6.07) is 11.2. The first-order valence-electron chi connectivity index (χ1n) is 12.4. The van der Waals surface area contributed by atoms with Crippen molar-refractivity contribution in [3.05, 3.63) is 64.7 Å². The number of phenolic OH excluding ortho intramolecular Hbond substituents is 2. The van der Waals surface area contributed by atoms with Crippen molar-refractivity contribution < 1.29 is 24.5 Å². The average Bonchev–Trinajstić information content (AvgIpc) is 2.87. The van der Waals surface area contributed by atoms with Gasteiger partial charge >= 0.3 is 0 Å². The second kappa shape index (κ2) is 10.7. The molecule has 0 spiro atoms. The molecule has 0 saturated carbocycles. The summed E-state index contributed by atoms with van der Waals surface area (Å²) in [5.74, 6) is -1.33. The summed E-state index contributed by atoms with van der Waals surface area (Å²) in [5.41, 5.74) is 12.5. The Morgan fingerprint density at radius 2 is 1.33 bits per heavy atom. The first-order valence-corrected chi connectivity index (χ1v) is 12.4. The van der Waals surface area contributed by atoms with Gasteiger partial charge in [0.1, 0.15) is 17.2 Å². The number of aromatic hydroxyl groups is 2. The molecule has 0 saturated heterocycles. The van der Waals surface area contributed by atoms with Crippen LogP contribution < -0.4 is 16.2 Å². The molecule has 0 atom stereocenters. The van der Waals surface area contributed by atoms with Gasteiger partial charge in [-0.05, 0) is 42.3 Å². The molecule has 0 bridgehead atoms. The number of ketones is 2. The summed E-state index contributed by atoms with van der Waals surface area (Å²) in [5, 5.41) is 21.3. The van der Waals surface area contributed by atoms with Crippen LogP contribution in [0.2, 0.25) is 0 Å². The Bertz CT molecular complexity index is 1300. The largest absolute Gasteiger partial charge is 0.507 e. The van der Waals surface area contributed by atoms with Crippen LogP contribution in [-0.2, 0) is 0 Å². The SMILES string of the molecule is CCCCCCCCCOc1ccc(-c2cc(N)c3c(c2O)C(=O)c2c(N)ccc(O)c2C3=O)cc1. The van der Waals surface area contributed by atoms with Crippen LogP contribution in [0.15, 0.2) is 42.5 Å². The maximum Gasteiger partial charge on any atom is 0.200 e. The maximum absolute atomic E-state index is 13.3. The van der Waals surface area contributed by atoms with E-state index in [9.17, 15) is 19.8 Å². The van der Waals surface area contributed by atoms with E-state index in [4.69, 9.17) is 16.2 Å². The van der Waals surface area contributed by atoms with Crippen molar-refractivity contribution in [2.24, 2.45) is 0 Å². The molecule has 1 aliphatic rings. The number of unbranched alkanes of at least 4 members (excludes halogenated alkanes) is 6. The molecule has 1 aliphatic carbocycles. The molecule has 188 valence electrons. The Kier molecular flexibility index (Phi) is 7.48. The Morgan fingerprint density at radius 1 is 0.722 bits per heavy atom. The topological polar surface area (TPSA) is 136 Å². The highest BCUT2D eigenvalue weighted by molar-refractivity contribution is 6.33. The molecule has 0 heterocycles. The molecule has 0 unspecified atom stereocenters. The molecule has 6 N–H and O–H groups in total. The normalized spacial score (nSPS) is 12.4. The van der Waals surface area contributed by atoms with E-state index in [-0.39, 0.29) is 45.1 Å². The van der Waals surface area contributed by atoms with Crippen LogP contribution in [0.25, 0.3) is 11.1 Å². The van der Waals surface area contributed by atoms with Crippen molar-refractivity contribution >= 4 is 22.9 Å². The van der Waals surface area contributed by atoms with E-state index in [2.05, 4.69) is 6.92 Å². The maximum atomic E-state index is 13.3. The smallest absolute Gasteiger partial charge is 0.200 e. The van der Waals surface area contributed by atoms with E-state index in [1.165, 1.54) is 50.3 Å². The highest BCUT2D eigenvalue weighted by atomic mass is 16.5. The van der Waals surface area contributed by atoms with Crippen LogP contribution in [0.1, 0.15) is 83.7 Å². The number of hydrogen-bond acceptors (Lipinski definition) is 7. The van der Waals surface area contributed by atoms with Gasteiger partial charge < -0.3 is 26.4 Å². The Labute approximate surface area is 210 Å².